The monoisotopic (exact) mass is 292 g/mol. The number of hydrogen-bond donors (Lipinski definition) is 2. The third kappa shape index (κ3) is 2.64. The first-order chi connectivity index (χ1) is 10.6. The maximum atomic E-state index is 12.3. The van der Waals surface area contributed by atoms with Gasteiger partial charge in [0.2, 0.25) is 0 Å². The summed E-state index contributed by atoms with van der Waals surface area (Å²) in [7, 11) is 0. The second-order valence-electron chi connectivity index (χ2n) is 4.72. The van der Waals surface area contributed by atoms with Crippen molar-refractivity contribution in [2.45, 2.75) is 0 Å². The molecule has 3 rings (SSSR count). The van der Waals surface area contributed by atoms with Crippen molar-refractivity contribution >= 4 is 28.5 Å². The van der Waals surface area contributed by atoms with Crippen LogP contribution in [0.5, 0.6) is 0 Å². The van der Waals surface area contributed by atoms with Crippen LogP contribution in [0.3, 0.4) is 0 Å². The lowest BCUT2D eigenvalue weighted by molar-refractivity contribution is 0.0692. The first-order valence-corrected chi connectivity index (χ1v) is 6.63. The molecule has 0 saturated carbocycles. The Kier molecular flexibility index (Phi) is 3.53. The van der Waals surface area contributed by atoms with Crippen LogP contribution in [-0.4, -0.2) is 22.0 Å². The number of fused-ring (bicyclic) bond motifs is 1. The molecule has 0 aliphatic heterocycles. The number of carbonyl (C=O) groups is 2. The Bertz CT molecular complexity index is 874. The van der Waals surface area contributed by atoms with Crippen LogP contribution < -0.4 is 5.32 Å². The van der Waals surface area contributed by atoms with Gasteiger partial charge in [-0.05, 0) is 24.3 Å². The van der Waals surface area contributed by atoms with Crippen LogP contribution in [-0.2, 0) is 0 Å². The number of nitrogens with zero attached hydrogens (tertiary/aromatic N) is 1. The molecule has 1 amide bonds. The zero-order valence-electron chi connectivity index (χ0n) is 11.5. The van der Waals surface area contributed by atoms with E-state index in [2.05, 4.69) is 10.3 Å². The number of hydrogen-bond acceptors (Lipinski definition) is 3. The minimum Gasteiger partial charge on any atom is -0.478 e. The van der Waals surface area contributed by atoms with Crippen molar-refractivity contribution in [3.8, 4) is 0 Å². The number of rotatable bonds is 3. The van der Waals surface area contributed by atoms with Gasteiger partial charge in [-0.15, -0.1) is 0 Å². The molecule has 0 aliphatic carbocycles. The quantitative estimate of drug-likeness (QED) is 0.777. The topological polar surface area (TPSA) is 79.3 Å². The van der Waals surface area contributed by atoms with Crippen LogP contribution in [0, 0.1) is 0 Å². The summed E-state index contributed by atoms with van der Waals surface area (Å²) in [5, 5.41) is 12.7. The summed E-state index contributed by atoms with van der Waals surface area (Å²) in [5.41, 5.74) is 1.42. The molecule has 0 atom stereocenters. The Labute approximate surface area is 126 Å². The van der Waals surface area contributed by atoms with Gasteiger partial charge in [0, 0.05) is 5.39 Å². The third-order valence-corrected chi connectivity index (χ3v) is 3.25. The van der Waals surface area contributed by atoms with Gasteiger partial charge < -0.3 is 10.4 Å². The molecule has 0 aliphatic rings. The predicted octanol–water partition coefficient (Wildman–Crippen LogP) is 3.19. The fourth-order valence-electron chi connectivity index (χ4n) is 2.21. The van der Waals surface area contributed by atoms with E-state index in [9.17, 15) is 9.59 Å². The molecule has 1 heterocycles. The zero-order valence-corrected chi connectivity index (χ0v) is 11.5. The second kappa shape index (κ2) is 5.65. The molecule has 0 radical (unpaired) electrons. The van der Waals surface area contributed by atoms with Gasteiger partial charge in [-0.25, -0.2) is 4.79 Å². The molecule has 1 aromatic heterocycles. The van der Waals surface area contributed by atoms with Crippen molar-refractivity contribution in [1.29, 1.82) is 0 Å². The molecule has 0 bridgehead atoms. The number of benzene rings is 2. The Morgan fingerprint density at radius 1 is 0.955 bits per heavy atom. The van der Waals surface area contributed by atoms with Crippen molar-refractivity contribution in [1.82, 2.24) is 4.98 Å². The van der Waals surface area contributed by atoms with Crippen LogP contribution >= 0.6 is 0 Å². The minimum atomic E-state index is -1.14. The fourth-order valence-corrected chi connectivity index (χ4v) is 2.21. The number of aromatic carboxylic acids is 1. The Balaban J connectivity index is 1.91. The van der Waals surface area contributed by atoms with E-state index in [-0.39, 0.29) is 11.1 Å². The zero-order chi connectivity index (χ0) is 15.5. The van der Waals surface area contributed by atoms with Crippen LogP contribution in [0.15, 0.2) is 60.8 Å². The molecule has 2 N–H and O–H groups in total. The lowest BCUT2D eigenvalue weighted by Crippen LogP contribution is -2.16. The second-order valence-corrected chi connectivity index (χ2v) is 4.72. The summed E-state index contributed by atoms with van der Waals surface area (Å²) < 4.78 is 0. The number of para-hydroxylation sites is 1. The molecule has 0 spiro atoms. The number of carbonyl (C=O) groups excluding carboxylic acids is 1. The van der Waals surface area contributed by atoms with E-state index in [1.807, 2.05) is 24.3 Å². The Morgan fingerprint density at radius 2 is 1.64 bits per heavy atom. The average Bonchev–Trinajstić information content (AvgIpc) is 2.54. The van der Waals surface area contributed by atoms with Crippen LogP contribution in [0.25, 0.3) is 10.9 Å². The van der Waals surface area contributed by atoms with Gasteiger partial charge in [0.05, 0.1) is 28.5 Å². The summed E-state index contributed by atoms with van der Waals surface area (Å²) in [6.07, 6.45) is 1.55. The van der Waals surface area contributed by atoms with Crippen LogP contribution in [0.1, 0.15) is 20.7 Å². The maximum Gasteiger partial charge on any atom is 0.336 e. The van der Waals surface area contributed by atoms with Crippen molar-refractivity contribution in [2.24, 2.45) is 0 Å². The standard InChI is InChI=1S/C17H12N2O3/c20-16(13-6-2-3-7-14(13)17(21)22)19-12-9-11-5-1-4-8-15(11)18-10-12/h1-10H,(H,19,20)(H,21,22). The van der Waals surface area contributed by atoms with Crippen molar-refractivity contribution in [3.05, 3.63) is 71.9 Å². The number of pyridine rings is 1. The number of anilines is 1. The van der Waals surface area contributed by atoms with E-state index in [4.69, 9.17) is 5.11 Å². The first kappa shape index (κ1) is 13.8. The molecule has 5 nitrogen and oxygen atoms in total. The summed E-state index contributed by atoms with van der Waals surface area (Å²) >= 11 is 0. The van der Waals surface area contributed by atoms with Crippen molar-refractivity contribution in [2.75, 3.05) is 5.32 Å². The Morgan fingerprint density at radius 3 is 2.41 bits per heavy atom. The van der Waals surface area contributed by atoms with Gasteiger partial charge in [-0.1, -0.05) is 30.3 Å². The van der Waals surface area contributed by atoms with Crippen LogP contribution in [0.2, 0.25) is 0 Å². The third-order valence-electron chi connectivity index (χ3n) is 3.25. The summed E-state index contributed by atoms with van der Waals surface area (Å²) in [6, 6.07) is 15.4. The summed E-state index contributed by atoms with van der Waals surface area (Å²) in [4.78, 5) is 27.7. The molecule has 5 heteroatoms. The molecule has 22 heavy (non-hydrogen) atoms. The molecule has 108 valence electrons. The normalized spacial score (nSPS) is 10.4. The lowest BCUT2D eigenvalue weighted by Gasteiger charge is -2.08. The molecule has 0 saturated heterocycles. The highest BCUT2D eigenvalue weighted by Gasteiger charge is 2.15. The number of amides is 1. The van der Waals surface area contributed by atoms with Gasteiger partial charge in [-0.2, -0.15) is 0 Å². The van der Waals surface area contributed by atoms with E-state index >= 15 is 0 Å². The van der Waals surface area contributed by atoms with E-state index in [1.165, 1.54) is 12.1 Å². The highest BCUT2D eigenvalue weighted by atomic mass is 16.4. The molecule has 0 unspecified atom stereocenters. The van der Waals surface area contributed by atoms with Gasteiger partial charge in [0.1, 0.15) is 0 Å². The maximum absolute atomic E-state index is 12.3. The fraction of sp³-hybridized carbons (Fsp3) is 0. The van der Waals surface area contributed by atoms with Gasteiger partial charge in [0.15, 0.2) is 0 Å². The minimum absolute atomic E-state index is 0.0336. The highest BCUT2D eigenvalue weighted by Crippen LogP contribution is 2.17. The van der Waals surface area contributed by atoms with Gasteiger partial charge in [-0.3, -0.25) is 9.78 Å². The van der Waals surface area contributed by atoms with Crippen LogP contribution in [0.4, 0.5) is 5.69 Å². The largest absolute Gasteiger partial charge is 0.478 e. The lowest BCUT2D eigenvalue weighted by atomic mass is 10.1. The molecular formula is C17H12N2O3. The summed E-state index contributed by atoms with van der Waals surface area (Å²) in [6.45, 7) is 0. The van der Waals surface area contributed by atoms with E-state index in [1.54, 1.807) is 24.4 Å². The number of carboxylic acid groups (broad SMARTS) is 1. The predicted molar refractivity (Wildman–Crippen MR) is 83.1 cm³/mol. The van der Waals surface area contributed by atoms with Gasteiger partial charge in [0.25, 0.3) is 5.91 Å². The highest BCUT2D eigenvalue weighted by molar-refractivity contribution is 6.11. The summed E-state index contributed by atoms with van der Waals surface area (Å²) in [5.74, 6) is -1.61. The molecule has 2 aromatic carbocycles. The number of aromatic nitrogens is 1. The molecular weight excluding hydrogens is 280 g/mol. The van der Waals surface area contributed by atoms with Gasteiger partial charge >= 0.3 is 5.97 Å². The Hall–Kier alpha value is -3.21. The molecule has 0 fully saturated rings. The first-order valence-electron chi connectivity index (χ1n) is 6.63. The van der Waals surface area contributed by atoms with Crippen molar-refractivity contribution in [3.63, 3.8) is 0 Å². The van der Waals surface area contributed by atoms with E-state index < -0.39 is 11.9 Å². The van der Waals surface area contributed by atoms with Crippen molar-refractivity contribution < 1.29 is 14.7 Å². The number of carboxylic acids is 1. The SMILES string of the molecule is O=C(O)c1ccccc1C(=O)Nc1cnc2ccccc2c1. The molecule has 3 aromatic rings. The van der Waals surface area contributed by atoms with E-state index in [0.29, 0.717) is 5.69 Å². The smallest absolute Gasteiger partial charge is 0.336 e. The average molecular weight is 292 g/mol. The number of nitrogens with one attached hydrogen (secondary N) is 1. The van der Waals surface area contributed by atoms with E-state index in [0.717, 1.165) is 10.9 Å².